The largest absolute Gasteiger partial charge is 0.396 e. The lowest BCUT2D eigenvalue weighted by molar-refractivity contribution is 0.299. The van der Waals surface area contributed by atoms with E-state index in [9.17, 15) is 4.39 Å². The molecular formula is C8H8FO. The van der Waals surface area contributed by atoms with Crippen LogP contribution in [0.5, 0.6) is 0 Å². The summed E-state index contributed by atoms with van der Waals surface area (Å²) in [5.41, 5.74) is 0.804. The predicted octanol–water partition coefficient (Wildman–Crippen LogP) is 1.16. The van der Waals surface area contributed by atoms with E-state index in [1.807, 2.05) is 0 Å². The molecule has 0 saturated carbocycles. The van der Waals surface area contributed by atoms with Crippen LogP contribution < -0.4 is 0 Å². The molecular weight excluding hydrogens is 131 g/mol. The molecule has 0 aliphatic carbocycles. The van der Waals surface area contributed by atoms with Crippen LogP contribution in [0.3, 0.4) is 0 Å². The quantitative estimate of drug-likeness (QED) is 0.651. The summed E-state index contributed by atoms with van der Waals surface area (Å²) in [6.45, 7) is 0.0590. The van der Waals surface area contributed by atoms with Crippen LogP contribution in [0.15, 0.2) is 18.2 Å². The maximum absolute atomic E-state index is 12.4. The Morgan fingerprint density at radius 1 is 1.60 bits per heavy atom. The normalized spacial score (nSPS) is 9.80. The van der Waals surface area contributed by atoms with Gasteiger partial charge in [0.2, 0.25) is 0 Å². The second-order valence-corrected chi connectivity index (χ2v) is 2.02. The molecule has 10 heavy (non-hydrogen) atoms. The van der Waals surface area contributed by atoms with Gasteiger partial charge < -0.3 is 5.11 Å². The molecule has 0 unspecified atom stereocenters. The Morgan fingerprint density at radius 3 is 3.00 bits per heavy atom. The minimum atomic E-state index is -0.369. The number of halogens is 1. The van der Waals surface area contributed by atoms with E-state index in [4.69, 9.17) is 5.11 Å². The number of hydrogen-bond donors (Lipinski definition) is 1. The summed E-state index contributed by atoms with van der Waals surface area (Å²) in [5.74, 6) is -0.369. The Hall–Kier alpha value is -0.890. The second kappa shape index (κ2) is 3.32. The Kier molecular flexibility index (Phi) is 2.40. The molecule has 1 N–H and O–H groups in total. The summed E-state index contributed by atoms with van der Waals surface area (Å²) in [6.07, 6.45) is 0.506. The topological polar surface area (TPSA) is 20.2 Å². The maximum Gasteiger partial charge on any atom is 0.131 e. The lowest BCUT2D eigenvalue weighted by atomic mass is 10.2. The standard InChI is InChI=1S/C8H8FO/c9-8-3-1-2-7(6-8)4-5-10/h1-2,6,10H,4-5H2. The molecule has 0 aliphatic heterocycles. The zero-order chi connectivity index (χ0) is 7.40. The van der Waals surface area contributed by atoms with E-state index in [0.717, 1.165) is 5.56 Å². The summed E-state index contributed by atoms with van der Waals surface area (Å²) < 4.78 is 12.4. The number of rotatable bonds is 2. The van der Waals surface area contributed by atoms with Crippen LogP contribution >= 0.6 is 0 Å². The zero-order valence-electron chi connectivity index (χ0n) is 5.47. The molecule has 2 heteroatoms. The zero-order valence-corrected chi connectivity index (χ0v) is 5.47. The third-order valence-electron chi connectivity index (χ3n) is 1.23. The highest BCUT2D eigenvalue weighted by Crippen LogP contribution is 2.02. The molecule has 0 spiro atoms. The second-order valence-electron chi connectivity index (χ2n) is 2.02. The van der Waals surface area contributed by atoms with Crippen molar-refractivity contribution in [1.82, 2.24) is 0 Å². The van der Waals surface area contributed by atoms with E-state index in [1.54, 1.807) is 6.07 Å². The molecule has 0 aromatic heterocycles. The summed E-state index contributed by atoms with van der Waals surface area (Å²) in [6, 6.07) is 7.00. The van der Waals surface area contributed by atoms with E-state index < -0.39 is 0 Å². The van der Waals surface area contributed by atoms with Crippen molar-refractivity contribution in [3.8, 4) is 0 Å². The first-order chi connectivity index (χ1) is 4.83. The van der Waals surface area contributed by atoms with Gasteiger partial charge in [0.1, 0.15) is 5.82 Å². The Morgan fingerprint density at radius 2 is 2.40 bits per heavy atom. The fraction of sp³-hybridized carbons (Fsp3) is 0.250. The van der Waals surface area contributed by atoms with Crippen LogP contribution in [0, 0.1) is 11.9 Å². The maximum atomic E-state index is 12.4. The first-order valence-electron chi connectivity index (χ1n) is 3.10. The van der Waals surface area contributed by atoms with Gasteiger partial charge in [-0.25, -0.2) is 4.39 Å². The smallest absolute Gasteiger partial charge is 0.131 e. The third-order valence-corrected chi connectivity index (χ3v) is 1.23. The van der Waals surface area contributed by atoms with Crippen LogP contribution in [0.4, 0.5) is 4.39 Å². The fourth-order valence-corrected chi connectivity index (χ4v) is 0.765. The van der Waals surface area contributed by atoms with Crippen molar-refractivity contribution in [3.63, 3.8) is 0 Å². The van der Waals surface area contributed by atoms with Gasteiger partial charge in [0.05, 0.1) is 0 Å². The van der Waals surface area contributed by atoms with Gasteiger partial charge in [0.25, 0.3) is 0 Å². The third kappa shape index (κ3) is 1.81. The highest BCUT2D eigenvalue weighted by molar-refractivity contribution is 5.15. The van der Waals surface area contributed by atoms with Crippen molar-refractivity contribution >= 4 is 0 Å². The molecule has 0 heterocycles. The molecule has 0 amide bonds. The van der Waals surface area contributed by atoms with Crippen molar-refractivity contribution in [1.29, 1.82) is 0 Å². The van der Waals surface area contributed by atoms with Gasteiger partial charge in [0, 0.05) is 12.7 Å². The van der Waals surface area contributed by atoms with Crippen LogP contribution in [0.25, 0.3) is 0 Å². The average molecular weight is 139 g/mol. The average Bonchev–Trinajstić information content (AvgIpc) is 1.88. The van der Waals surface area contributed by atoms with Crippen molar-refractivity contribution in [2.24, 2.45) is 0 Å². The summed E-state index contributed by atoms with van der Waals surface area (Å²) in [7, 11) is 0. The molecule has 0 aliphatic rings. The van der Waals surface area contributed by atoms with Gasteiger partial charge in [-0.1, -0.05) is 12.1 Å². The Bertz CT molecular complexity index is 210. The van der Waals surface area contributed by atoms with E-state index in [1.165, 1.54) is 12.1 Å². The van der Waals surface area contributed by atoms with Crippen molar-refractivity contribution in [3.05, 3.63) is 35.6 Å². The van der Waals surface area contributed by atoms with E-state index in [2.05, 4.69) is 6.07 Å². The molecule has 1 aromatic rings. The van der Waals surface area contributed by atoms with Crippen LogP contribution in [0.1, 0.15) is 5.56 Å². The highest BCUT2D eigenvalue weighted by atomic mass is 19.1. The predicted molar refractivity (Wildman–Crippen MR) is 36.0 cm³/mol. The van der Waals surface area contributed by atoms with Crippen molar-refractivity contribution in [2.45, 2.75) is 6.42 Å². The molecule has 0 atom stereocenters. The van der Waals surface area contributed by atoms with Gasteiger partial charge in [-0.2, -0.15) is 0 Å². The molecule has 1 nitrogen and oxygen atoms in total. The van der Waals surface area contributed by atoms with E-state index in [-0.39, 0.29) is 12.4 Å². The summed E-state index contributed by atoms with van der Waals surface area (Å²) in [4.78, 5) is 0. The van der Waals surface area contributed by atoms with E-state index >= 15 is 0 Å². The minimum absolute atomic E-state index is 0.0590. The Labute approximate surface area is 59.1 Å². The fourth-order valence-electron chi connectivity index (χ4n) is 0.765. The van der Waals surface area contributed by atoms with Crippen molar-refractivity contribution in [2.75, 3.05) is 6.61 Å². The SMILES string of the molecule is OCCc1cc[c]c(F)c1. The van der Waals surface area contributed by atoms with Gasteiger partial charge in [0.15, 0.2) is 0 Å². The summed E-state index contributed by atoms with van der Waals surface area (Å²) in [5, 5.41) is 8.48. The van der Waals surface area contributed by atoms with Crippen LogP contribution in [0.2, 0.25) is 0 Å². The number of benzene rings is 1. The molecule has 0 bridgehead atoms. The monoisotopic (exact) mass is 139 g/mol. The molecule has 1 radical (unpaired) electrons. The van der Waals surface area contributed by atoms with E-state index in [0.29, 0.717) is 6.42 Å². The Balaban J connectivity index is 2.75. The van der Waals surface area contributed by atoms with Gasteiger partial charge in [-0.3, -0.25) is 0 Å². The molecule has 1 aromatic carbocycles. The molecule has 1 rings (SSSR count). The molecule has 0 fully saturated rings. The number of aliphatic hydroxyl groups is 1. The van der Waals surface area contributed by atoms with Crippen molar-refractivity contribution < 1.29 is 9.50 Å². The molecule has 53 valence electrons. The highest BCUT2D eigenvalue weighted by Gasteiger charge is 1.92. The molecule has 0 saturated heterocycles. The van der Waals surface area contributed by atoms with Gasteiger partial charge >= 0.3 is 0 Å². The number of hydrogen-bond acceptors (Lipinski definition) is 1. The number of aliphatic hydroxyl groups excluding tert-OH is 1. The first kappa shape index (κ1) is 7.22. The summed E-state index contributed by atoms with van der Waals surface area (Å²) >= 11 is 0. The van der Waals surface area contributed by atoms with Crippen LogP contribution in [-0.2, 0) is 6.42 Å². The van der Waals surface area contributed by atoms with Gasteiger partial charge in [-0.05, 0) is 18.1 Å². The minimum Gasteiger partial charge on any atom is -0.396 e. The van der Waals surface area contributed by atoms with Crippen LogP contribution in [-0.4, -0.2) is 11.7 Å². The lowest BCUT2D eigenvalue weighted by Crippen LogP contribution is -1.90. The lowest BCUT2D eigenvalue weighted by Gasteiger charge is -1.95. The van der Waals surface area contributed by atoms with Gasteiger partial charge in [-0.15, -0.1) is 0 Å². The first-order valence-corrected chi connectivity index (χ1v) is 3.10.